The molecule has 150 valence electrons. The summed E-state index contributed by atoms with van der Waals surface area (Å²) in [4.78, 5) is 27.9. The third-order valence-electron chi connectivity index (χ3n) is 5.56. The van der Waals surface area contributed by atoms with E-state index in [1.807, 2.05) is 47.8 Å². The van der Waals surface area contributed by atoms with Crippen molar-refractivity contribution in [1.29, 1.82) is 0 Å². The summed E-state index contributed by atoms with van der Waals surface area (Å²) in [5.74, 6) is 1.05. The molecule has 1 aromatic carbocycles. The first kappa shape index (κ1) is 18.3. The van der Waals surface area contributed by atoms with Crippen LogP contribution in [-0.4, -0.2) is 36.9 Å². The first-order valence-electron chi connectivity index (χ1n) is 9.88. The van der Waals surface area contributed by atoms with Crippen molar-refractivity contribution in [3.8, 4) is 0 Å². The molecule has 1 amide bonds. The van der Waals surface area contributed by atoms with Gasteiger partial charge in [-0.15, -0.1) is 0 Å². The number of aryl methyl sites for hydroxylation is 1. The maximum atomic E-state index is 13.1. The van der Waals surface area contributed by atoms with Gasteiger partial charge in [-0.25, -0.2) is 9.97 Å². The average molecular weight is 399 g/mol. The Morgan fingerprint density at radius 3 is 2.87 bits per heavy atom. The van der Waals surface area contributed by atoms with Gasteiger partial charge in [-0.2, -0.15) is 0 Å². The molecule has 0 fully saturated rings. The van der Waals surface area contributed by atoms with Crippen molar-refractivity contribution in [1.82, 2.24) is 24.4 Å². The number of aromatic nitrogens is 4. The molecule has 1 aliphatic rings. The lowest BCUT2D eigenvalue weighted by molar-refractivity contribution is 0.0689. The van der Waals surface area contributed by atoms with E-state index in [4.69, 9.17) is 4.42 Å². The van der Waals surface area contributed by atoms with Crippen molar-refractivity contribution in [2.75, 3.05) is 6.54 Å². The highest BCUT2D eigenvalue weighted by Crippen LogP contribution is 2.33. The van der Waals surface area contributed by atoms with E-state index in [0.717, 1.165) is 17.0 Å². The Balaban J connectivity index is 1.51. The van der Waals surface area contributed by atoms with Crippen molar-refractivity contribution in [2.45, 2.75) is 25.9 Å². The second-order valence-electron chi connectivity index (χ2n) is 7.48. The second-order valence-corrected chi connectivity index (χ2v) is 7.48. The third kappa shape index (κ3) is 3.28. The van der Waals surface area contributed by atoms with Gasteiger partial charge in [0.15, 0.2) is 6.39 Å². The highest BCUT2D eigenvalue weighted by atomic mass is 16.3. The van der Waals surface area contributed by atoms with Gasteiger partial charge in [0.1, 0.15) is 5.82 Å². The largest absolute Gasteiger partial charge is 0.438 e. The maximum absolute atomic E-state index is 13.1. The number of rotatable bonds is 4. The smallest absolute Gasteiger partial charge is 0.291 e. The minimum absolute atomic E-state index is 0.0335. The number of imidazole rings is 1. The van der Waals surface area contributed by atoms with Gasteiger partial charge in [-0.05, 0) is 29.7 Å². The molecule has 7 nitrogen and oxygen atoms in total. The minimum Gasteiger partial charge on any atom is -0.438 e. The molecule has 0 radical (unpaired) electrons. The van der Waals surface area contributed by atoms with Crippen LogP contribution in [-0.2, 0) is 13.1 Å². The number of nitrogens with zero attached hydrogens (tertiary/aromatic N) is 5. The number of oxazole rings is 1. The minimum atomic E-state index is -0.144. The predicted octanol–water partition coefficient (Wildman–Crippen LogP) is 3.41. The molecule has 0 aliphatic carbocycles. The van der Waals surface area contributed by atoms with Gasteiger partial charge in [0.05, 0.1) is 18.2 Å². The van der Waals surface area contributed by atoms with Crippen LogP contribution in [0.15, 0.2) is 72.0 Å². The van der Waals surface area contributed by atoms with E-state index >= 15 is 0 Å². The number of hydrogen-bond donors (Lipinski definition) is 0. The zero-order valence-corrected chi connectivity index (χ0v) is 16.6. The second kappa shape index (κ2) is 7.59. The Morgan fingerprint density at radius 2 is 2.07 bits per heavy atom. The fraction of sp³-hybridized carbons (Fsp3) is 0.217. The van der Waals surface area contributed by atoms with Gasteiger partial charge in [0, 0.05) is 37.9 Å². The Hall–Kier alpha value is -3.74. The molecule has 0 N–H and O–H groups in total. The van der Waals surface area contributed by atoms with Crippen LogP contribution >= 0.6 is 0 Å². The number of fused-ring (bicyclic) bond motifs is 1. The summed E-state index contributed by atoms with van der Waals surface area (Å²) in [6, 6.07) is 12.2. The van der Waals surface area contributed by atoms with Gasteiger partial charge < -0.3 is 13.9 Å². The molecule has 1 aliphatic heterocycles. The first-order chi connectivity index (χ1) is 14.7. The average Bonchev–Trinajstić information content (AvgIpc) is 3.42. The van der Waals surface area contributed by atoms with E-state index in [1.165, 1.54) is 12.0 Å². The number of carbonyl (C=O) groups excluding carboxylic acids is 1. The van der Waals surface area contributed by atoms with E-state index < -0.39 is 0 Å². The van der Waals surface area contributed by atoms with E-state index in [0.29, 0.717) is 31.1 Å². The lowest BCUT2D eigenvalue weighted by Gasteiger charge is -2.34. The fourth-order valence-corrected chi connectivity index (χ4v) is 4.09. The van der Waals surface area contributed by atoms with Gasteiger partial charge in [0.2, 0.25) is 5.76 Å². The molecule has 0 unspecified atom stereocenters. The van der Waals surface area contributed by atoms with Crippen LogP contribution in [0, 0.1) is 6.92 Å². The zero-order valence-electron chi connectivity index (χ0n) is 16.6. The van der Waals surface area contributed by atoms with E-state index in [1.54, 1.807) is 13.1 Å². The van der Waals surface area contributed by atoms with Gasteiger partial charge in [-0.3, -0.25) is 9.78 Å². The van der Waals surface area contributed by atoms with E-state index in [2.05, 4.69) is 31.7 Å². The molecular weight excluding hydrogens is 378 g/mol. The summed E-state index contributed by atoms with van der Waals surface area (Å²) >= 11 is 0. The number of hydrogen-bond acceptors (Lipinski definition) is 5. The summed E-state index contributed by atoms with van der Waals surface area (Å²) in [5.41, 5.74) is 4.03. The number of amides is 1. The molecule has 4 aromatic rings. The molecule has 0 bridgehead atoms. The molecule has 0 saturated carbocycles. The Bertz CT molecular complexity index is 1180. The molecule has 30 heavy (non-hydrogen) atoms. The summed E-state index contributed by atoms with van der Waals surface area (Å²) in [7, 11) is 0. The number of carbonyl (C=O) groups is 1. The number of pyridine rings is 1. The van der Waals surface area contributed by atoms with Gasteiger partial charge >= 0.3 is 0 Å². The summed E-state index contributed by atoms with van der Waals surface area (Å²) in [6.45, 7) is 3.53. The van der Waals surface area contributed by atoms with Crippen LogP contribution in [0.2, 0.25) is 0 Å². The standard InChI is InChI=1S/C23H21N5O2/c1-16-21(30-15-26-16)23(29)28-13-18-6-2-3-7-19(18)20(14-28)22-25-9-10-27(22)12-17-5-4-8-24-11-17/h2-11,15,20H,12-14H2,1H3/t20-/m0/s1. The Kier molecular flexibility index (Phi) is 4.63. The summed E-state index contributed by atoms with van der Waals surface area (Å²) < 4.78 is 7.50. The molecular formula is C23H21N5O2. The monoisotopic (exact) mass is 399 g/mol. The van der Waals surface area contributed by atoms with Crippen molar-refractivity contribution in [2.24, 2.45) is 0 Å². The molecule has 0 spiro atoms. The molecule has 5 rings (SSSR count). The topological polar surface area (TPSA) is 77.0 Å². The lowest BCUT2D eigenvalue weighted by atomic mass is 9.88. The summed E-state index contributed by atoms with van der Waals surface area (Å²) in [5, 5.41) is 0. The van der Waals surface area contributed by atoms with Crippen molar-refractivity contribution in [3.63, 3.8) is 0 Å². The highest BCUT2D eigenvalue weighted by molar-refractivity contribution is 5.92. The Morgan fingerprint density at radius 1 is 1.17 bits per heavy atom. The first-order valence-corrected chi connectivity index (χ1v) is 9.88. The van der Waals surface area contributed by atoms with Crippen LogP contribution in [0.1, 0.15) is 44.7 Å². The van der Waals surface area contributed by atoms with E-state index in [9.17, 15) is 4.79 Å². The highest BCUT2D eigenvalue weighted by Gasteiger charge is 2.33. The SMILES string of the molecule is Cc1ncoc1C(=O)N1Cc2ccccc2[C@@H](c2nccn2Cc2cccnc2)C1. The predicted molar refractivity (Wildman–Crippen MR) is 110 cm³/mol. The molecule has 1 atom stereocenters. The number of benzene rings is 1. The normalized spacial score (nSPS) is 15.8. The fourth-order valence-electron chi connectivity index (χ4n) is 4.09. The van der Waals surface area contributed by atoms with Crippen molar-refractivity contribution >= 4 is 5.91 Å². The molecule has 4 heterocycles. The van der Waals surface area contributed by atoms with Crippen LogP contribution in [0.3, 0.4) is 0 Å². The molecule has 0 saturated heterocycles. The third-order valence-corrected chi connectivity index (χ3v) is 5.56. The maximum Gasteiger partial charge on any atom is 0.291 e. The quantitative estimate of drug-likeness (QED) is 0.526. The van der Waals surface area contributed by atoms with Crippen LogP contribution < -0.4 is 0 Å². The molecule has 3 aromatic heterocycles. The van der Waals surface area contributed by atoms with Gasteiger partial charge in [-0.1, -0.05) is 30.3 Å². The van der Waals surface area contributed by atoms with Crippen LogP contribution in [0.5, 0.6) is 0 Å². The van der Waals surface area contributed by atoms with Crippen LogP contribution in [0.4, 0.5) is 0 Å². The van der Waals surface area contributed by atoms with Crippen molar-refractivity contribution in [3.05, 3.63) is 102 Å². The van der Waals surface area contributed by atoms with E-state index in [-0.39, 0.29) is 11.8 Å². The summed E-state index contributed by atoms with van der Waals surface area (Å²) in [6.07, 6.45) is 8.74. The zero-order chi connectivity index (χ0) is 20.5. The molecule has 7 heteroatoms. The van der Waals surface area contributed by atoms with Crippen molar-refractivity contribution < 1.29 is 9.21 Å². The Labute approximate surface area is 174 Å². The lowest BCUT2D eigenvalue weighted by Crippen LogP contribution is -2.39. The van der Waals surface area contributed by atoms with Crippen LogP contribution in [0.25, 0.3) is 0 Å². The van der Waals surface area contributed by atoms with Gasteiger partial charge in [0.25, 0.3) is 5.91 Å².